The van der Waals surface area contributed by atoms with Gasteiger partial charge < -0.3 is 14.2 Å². The molecule has 0 heterocycles. The molecule has 98 valence electrons. The van der Waals surface area contributed by atoms with Crippen LogP contribution in [0.25, 0.3) is 0 Å². The Bertz CT molecular complexity index is 441. The van der Waals surface area contributed by atoms with E-state index in [0.29, 0.717) is 24.3 Å². The van der Waals surface area contributed by atoms with E-state index >= 15 is 0 Å². The summed E-state index contributed by atoms with van der Waals surface area (Å²) >= 11 is 0. The number of rotatable bonds is 4. The van der Waals surface area contributed by atoms with Crippen molar-refractivity contribution in [2.45, 2.75) is 18.9 Å². The maximum Gasteiger partial charge on any atom is 0.308 e. The topological polar surface area (TPSA) is 44.8 Å². The smallest absolute Gasteiger partial charge is 0.308 e. The minimum absolute atomic E-state index is 0.0928. The van der Waals surface area contributed by atoms with E-state index in [4.69, 9.17) is 9.47 Å². The third-order valence-electron chi connectivity index (χ3n) is 3.05. The molecule has 0 aliphatic heterocycles. The summed E-state index contributed by atoms with van der Waals surface area (Å²) < 4.78 is 28.4. The Kier molecular flexibility index (Phi) is 3.69. The summed E-state index contributed by atoms with van der Waals surface area (Å²) in [5.41, 5.74) is 0. The minimum Gasteiger partial charge on any atom is -0.493 e. The number of carbonyl (C=O) groups is 1. The second kappa shape index (κ2) is 5.25. The maximum absolute atomic E-state index is 13.1. The number of carbonyl (C=O) groups excluding carboxylic acids is 1. The number of ether oxygens (including phenoxy) is 3. The lowest BCUT2D eigenvalue weighted by Crippen LogP contribution is -2.38. The second-order valence-electron chi connectivity index (χ2n) is 4.23. The molecule has 4 nitrogen and oxygen atoms in total. The lowest BCUT2D eigenvalue weighted by Gasteiger charge is -2.33. The van der Waals surface area contributed by atoms with Gasteiger partial charge in [0.15, 0.2) is 11.5 Å². The fourth-order valence-electron chi connectivity index (χ4n) is 1.94. The van der Waals surface area contributed by atoms with Crippen LogP contribution in [0.5, 0.6) is 11.5 Å². The molecule has 1 aliphatic carbocycles. The summed E-state index contributed by atoms with van der Waals surface area (Å²) in [6.07, 6.45) is 1.09. The number of methoxy groups -OCH3 is 2. The number of hydrogen-bond donors (Lipinski definition) is 0. The summed E-state index contributed by atoms with van der Waals surface area (Å²) in [5, 5.41) is 0. The van der Waals surface area contributed by atoms with E-state index < -0.39 is 0 Å². The summed E-state index contributed by atoms with van der Waals surface area (Å²) in [4.78, 5) is 11.2. The molecule has 0 atom stereocenters. The van der Waals surface area contributed by atoms with Crippen LogP contribution in [0.1, 0.15) is 12.8 Å². The summed E-state index contributed by atoms with van der Waals surface area (Å²) in [5.74, 6) is 0.138. The molecule has 0 aromatic heterocycles. The molecule has 18 heavy (non-hydrogen) atoms. The number of benzene rings is 1. The van der Waals surface area contributed by atoms with E-state index in [-0.39, 0.29) is 23.8 Å². The van der Waals surface area contributed by atoms with Crippen molar-refractivity contribution >= 4 is 5.97 Å². The predicted octanol–water partition coefficient (Wildman–Crippen LogP) is 2.16. The van der Waals surface area contributed by atoms with Gasteiger partial charge in [-0.1, -0.05) is 0 Å². The van der Waals surface area contributed by atoms with E-state index in [1.807, 2.05) is 0 Å². The van der Waals surface area contributed by atoms with Gasteiger partial charge in [-0.15, -0.1) is 0 Å². The van der Waals surface area contributed by atoms with Crippen LogP contribution in [0.3, 0.4) is 0 Å². The first-order chi connectivity index (χ1) is 8.63. The molecular weight excluding hydrogens is 239 g/mol. The van der Waals surface area contributed by atoms with Crippen LogP contribution in [0, 0.1) is 11.7 Å². The third-order valence-corrected chi connectivity index (χ3v) is 3.05. The first-order valence-corrected chi connectivity index (χ1v) is 5.72. The van der Waals surface area contributed by atoms with Gasteiger partial charge in [-0.05, 0) is 25.0 Å². The molecule has 2 rings (SSSR count). The van der Waals surface area contributed by atoms with E-state index in [0.717, 1.165) is 0 Å². The van der Waals surface area contributed by atoms with Gasteiger partial charge in [0.25, 0.3) is 0 Å². The highest BCUT2D eigenvalue weighted by Crippen LogP contribution is 2.36. The van der Waals surface area contributed by atoms with Gasteiger partial charge in [0.2, 0.25) is 0 Å². The molecule has 0 bridgehead atoms. The molecule has 1 aromatic rings. The van der Waals surface area contributed by atoms with Gasteiger partial charge in [-0.25, -0.2) is 4.39 Å². The van der Waals surface area contributed by atoms with Crippen molar-refractivity contribution in [2.24, 2.45) is 5.92 Å². The molecule has 0 N–H and O–H groups in total. The molecule has 1 saturated carbocycles. The number of hydrogen-bond acceptors (Lipinski definition) is 4. The lowest BCUT2D eigenvalue weighted by molar-refractivity contribution is -0.151. The summed E-state index contributed by atoms with van der Waals surface area (Å²) in [6, 6.07) is 4.11. The largest absolute Gasteiger partial charge is 0.493 e. The minimum atomic E-state index is -0.380. The SMILES string of the molecule is COc1ccc(F)cc1O[C@H]1C[C@H](C(=O)OC)C1. The van der Waals surface area contributed by atoms with Gasteiger partial charge >= 0.3 is 5.97 Å². The average molecular weight is 254 g/mol. The zero-order chi connectivity index (χ0) is 13.1. The Balaban J connectivity index is 1.95. The van der Waals surface area contributed by atoms with E-state index in [1.54, 1.807) is 0 Å². The van der Waals surface area contributed by atoms with Crippen molar-refractivity contribution in [2.75, 3.05) is 14.2 Å². The van der Waals surface area contributed by atoms with Crippen LogP contribution in [-0.4, -0.2) is 26.3 Å². The van der Waals surface area contributed by atoms with E-state index in [1.165, 1.54) is 32.4 Å². The van der Waals surface area contributed by atoms with Crippen molar-refractivity contribution in [1.82, 2.24) is 0 Å². The molecule has 1 aromatic carbocycles. The molecule has 0 saturated heterocycles. The summed E-state index contributed by atoms with van der Waals surface area (Å²) in [6.45, 7) is 0. The molecule has 5 heteroatoms. The lowest BCUT2D eigenvalue weighted by atomic mass is 9.82. The van der Waals surface area contributed by atoms with E-state index in [9.17, 15) is 9.18 Å². The Morgan fingerprint density at radius 2 is 2.00 bits per heavy atom. The molecule has 1 fully saturated rings. The van der Waals surface area contributed by atoms with Gasteiger partial charge in [-0.2, -0.15) is 0 Å². The van der Waals surface area contributed by atoms with Crippen LogP contribution in [0.15, 0.2) is 18.2 Å². The Morgan fingerprint density at radius 3 is 2.61 bits per heavy atom. The molecular formula is C13H15FO4. The van der Waals surface area contributed by atoms with Crippen molar-refractivity contribution in [3.8, 4) is 11.5 Å². The van der Waals surface area contributed by atoms with Gasteiger partial charge in [0.1, 0.15) is 11.9 Å². The van der Waals surface area contributed by atoms with Crippen molar-refractivity contribution < 1.29 is 23.4 Å². The zero-order valence-electron chi connectivity index (χ0n) is 10.3. The summed E-state index contributed by atoms with van der Waals surface area (Å²) in [7, 11) is 2.87. The zero-order valence-corrected chi connectivity index (χ0v) is 10.3. The Hall–Kier alpha value is -1.78. The normalized spacial score (nSPS) is 21.9. The van der Waals surface area contributed by atoms with Crippen LogP contribution < -0.4 is 9.47 Å². The van der Waals surface area contributed by atoms with Crippen LogP contribution >= 0.6 is 0 Å². The van der Waals surface area contributed by atoms with Crippen LogP contribution in [0.2, 0.25) is 0 Å². The molecule has 0 amide bonds. The molecule has 0 radical (unpaired) electrons. The first-order valence-electron chi connectivity index (χ1n) is 5.72. The quantitative estimate of drug-likeness (QED) is 0.772. The van der Waals surface area contributed by atoms with Gasteiger partial charge in [0.05, 0.1) is 20.1 Å². The maximum atomic E-state index is 13.1. The van der Waals surface area contributed by atoms with Gasteiger partial charge in [0, 0.05) is 6.07 Å². The monoisotopic (exact) mass is 254 g/mol. The van der Waals surface area contributed by atoms with E-state index in [2.05, 4.69) is 4.74 Å². The molecule has 0 unspecified atom stereocenters. The van der Waals surface area contributed by atoms with Crippen LogP contribution in [-0.2, 0) is 9.53 Å². The van der Waals surface area contributed by atoms with Gasteiger partial charge in [-0.3, -0.25) is 4.79 Å². The van der Waals surface area contributed by atoms with Crippen molar-refractivity contribution in [1.29, 1.82) is 0 Å². The van der Waals surface area contributed by atoms with Crippen molar-refractivity contribution in [3.63, 3.8) is 0 Å². The fourth-order valence-corrected chi connectivity index (χ4v) is 1.94. The molecule has 0 spiro atoms. The first kappa shape index (κ1) is 12.7. The molecule has 1 aliphatic rings. The Labute approximate surface area is 105 Å². The highest BCUT2D eigenvalue weighted by atomic mass is 19.1. The fraction of sp³-hybridized carbons (Fsp3) is 0.462. The van der Waals surface area contributed by atoms with Crippen molar-refractivity contribution in [3.05, 3.63) is 24.0 Å². The Morgan fingerprint density at radius 1 is 1.28 bits per heavy atom. The number of esters is 1. The average Bonchev–Trinajstić information content (AvgIpc) is 2.32. The van der Waals surface area contributed by atoms with Crippen LogP contribution in [0.4, 0.5) is 4.39 Å². The third kappa shape index (κ3) is 2.55. The highest BCUT2D eigenvalue weighted by molar-refractivity contribution is 5.73. The number of halogens is 1. The standard InChI is InChI=1S/C13H15FO4/c1-16-11-4-3-9(14)7-12(11)18-10-5-8(6-10)13(15)17-2/h3-4,7-8,10H,5-6H2,1-2H3/t8-,10-. The predicted molar refractivity (Wildman–Crippen MR) is 62.1 cm³/mol. The highest BCUT2D eigenvalue weighted by Gasteiger charge is 2.37. The second-order valence-corrected chi connectivity index (χ2v) is 4.23.